The summed E-state index contributed by atoms with van der Waals surface area (Å²) in [7, 11) is 4.77. The van der Waals surface area contributed by atoms with E-state index in [1.165, 1.54) is 0 Å². The molecule has 5 nitrogen and oxygen atoms in total. The van der Waals surface area contributed by atoms with Crippen molar-refractivity contribution in [2.75, 3.05) is 34.5 Å². The molecule has 1 aromatic carbocycles. The van der Waals surface area contributed by atoms with Gasteiger partial charge < -0.3 is 25.1 Å². The van der Waals surface area contributed by atoms with Crippen LogP contribution in [-0.4, -0.2) is 39.6 Å². The first-order valence-corrected chi connectivity index (χ1v) is 5.79. The molecule has 0 spiro atoms. The molecule has 1 atom stereocenters. The third-order valence-electron chi connectivity index (χ3n) is 2.90. The van der Waals surface area contributed by atoms with E-state index in [9.17, 15) is 5.11 Å². The molecule has 0 heterocycles. The highest BCUT2D eigenvalue weighted by Gasteiger charge is 2.17. The smallest absolute Gasteiger partial charge is 0.129 e. The van der Waals surface area contributed by atoms with Gasteiger partial charge in [-0.3, -0.25) is 0 Å². The Balaban J connectivity index is 3.13. The Labute approximate surface area is 107 Å². The van der Waals surface area contributed by atoms with Gasteiger partial charge in [-0.1, -0.05) is 0 Å². The number of methoxy groups -OCH3 is 3. The Morgan fingerprint density at radius 3 is 2.00 bits per heavy atom. The predicted octanol–water partition coefficient (Wildman–Crippen LogP) is 0.822. The molecule has 0 radical (unpaired) electrons. The van der Waals surface area contributed by atoms with Gasteiger partial charge in [0.1, 0.15) is 17.2 Å². The summed E-state index contributed by atoms with van der Waals surface area (Å²) in [5, 5.41) is 9.23. The fraction of sp³-hybridized carbons (Fsp3) is 0.538. The van der Waals surface area contributed by atoms with Crippen LogP contribution >= 0.6 is 0 Å². The van der Waals surface area contributed by atoms with E-state index < -0.39 is 0 Å². The van der Waals surface area contributed by atoms with E-state index in [4.69, 9.17) is 19.9 Å². The molecule has 3 N–H and O–H groups in total. The first kappa shape index (κ1) is 14.6. The van der Waals surface area contributed by atoms with E-state index in [1.54, 1.807) is 33.5 Å². The molecule has 5 heteroatoms. The zero-order valence-electron chi connectivity index (χ0n) is 11.1. The molecule has 0 aliphatic heterocycles. The summed E-state index contributed by atoms with van der Waals surface area (Å²) in [5.74, 6) is 2.01. The van der Waals surface area contributed by atoms with Crippen molar-refractivity contribution in [2.45, 2.75) is 6.42 Å². The molecule has 1 aromatic rings. The van der Waals surface area contributed by atoms with Gasteiger partial charge in [-0.15, -0.1) is 0 Å². The Kier molecular flexibility index (Phi) is 5.74. The number of hydrogen-bond donors (Lipinski definition) is 2. The second-order valence-corrected chi connectivity index (χ2v) is 4.00. The summed E-state index contributed by atoms with van der Waals surface area (Å²) in [6.07, 6.45) is 0.601. The number of nitrogens with two attached hydrogens (primary N) is 1. The molecule has 0 fully saturated rings. The van der Waals surface area contributed by atoms with Crippen molar-refractivity contribution in [2.24, 2.45) is 11.7 Å². The van der Waals surface area contributed by atoms with Crippen LogP contribution in [0.1, 0.15) is 5.56 Å². The van der Waals surface area contributed by atoms with E-state index in [2.05, 4.69) is 0 Å². The summed E-state index contributed by atoms with van der Waals surface area (Å²) in [4.78, 5) is 0. The lowest BCUT2D eigenvalue weighted by atomic mass is 9.98. The minimum Gasteiger partial charge on any atom is -0.496 e. The van der Waals surface area contributed by atoms with Crippen molar-refractivity contribution in [3.63, 3.8) is 0 Å². The highest BCUT2D eigenvalue weighted by molar-refractivity contribution is 5.51. The molecular weight excluding hydrogens is 234 g/mol. The summed E-state index contributed by atoms with van der Waals surface area (Å²) >= 11 is 0. The van der Waals surface area contributed by atoms with Crippen LogP contribution in [0.4, 0.5) is 0 Å². The average Bonchev–Trinajstić information content (AvgIpc) is 2.43. The molecular formula is C13H21NO4. The lowest BCUT2D eigenvalue weighted by Gasteiger charge is -2.18. The lowest BCUT2D eigenvalue weighted by molar-refractivity contribution is 0.227. The average molecular weight is 255 g/mol. The highest BCUT2D eigenvalue weighted by Crippen LogP contribution is 2.35. The lowest BCUT2D eigenvalue weighted by Crippen LogP contribution is -2.21. The van der Waals surface area contributed by atoms with Gasteiger partial charge in [0, 0.05) is 24.3 Å². The molecule has 18 heavy (non-hydrogen) atoms. The van der Waals surface area contributed by atoms with Crippen LogP contribution in [0.3, 0.4) is 0 Å². The third kappa shape index (κ3) is 3.27. The van der Waals surface area contributed by atoms with E-state index in [-0.39, 0.29) is 12.5 Å². The largest absolute Gasteiger partial charge is 0.496 e. The maximum atomic E-state index is 9.23. The van der Waals surface area contributed by atoms with Crippen molar-refractivity contribution >= 4 is 0 Å². The monoisotopic (exact) mass is 255 g/mol. The molecule has 102 valence electrons. The van der Waals surface area contributed by atoms with E-state index in [1.807, 2.05) is 0 Å². The van der Waals surface area contributed by atoms with Crippen molar-refractivity contribution in [3.05, 3.63) is 17.7 Å². The Hall–Kier alpha value is -1.46. The van der Waals surface area contributed by atoms with Crippen molar-refractivity contribution in [1.82, 2.24) is 0 Å². The molecule has 0 amide bonds. The number of aliphatic hydroxyl groups is 1. The van der Waals surface area contributed by atoms with Crippen LogP contribution in [0.15, 0.2) is 12.1 Å². The summed E-state index contributed by atoms with van der Waals surface area (Å²) in [6, 6.07) is 3.59. The van der Waals surface area contributed by atoms with Crippen molar-refractivity contribution in [3.8, 4) is 17.2 Å². The quantitative estimate of drug-likeness (QED) is 0.754. The van der Waals surface area contributed by atoms with Gasteiger partial charge in [0.05, 0.1) is 21.3 Å². The number of hydrogen-bond acceptors (Lipinski definition) is 5. The summed E-state index contributed by atoms with van der Waals surface area (Å²) in [6.45, 7) is 0.448. The number of ether oxygens (including phenoxy) is 3. The second kappa shape index (κ2) is 7.08. The first-order chi connectivity index (χ1) is 8.69. The van der Waals surface area contributed by atoms with Gasteiger partial charge in [0.15, 0.2) is 0 Å². The van der Waals surface area contributed by atoms with Gasteiger partial charge in [-0.2, -0.15) is 0 Å². The molecule has 0 saturated heterocycles. The predicted molar refractivity (Wildman–Crippen MR) is 69.4 cm³/mol. The maximum Gasteiger partial charge on any atom is 0.129 e. The molecule has 1 unspecified atom stereocenters. The van der Waals surface area contributed by atoms with E-state index in [0.717, 1.165) is 5.56 Å². The van der Waals surface area contributed by atoms with Gasteiger partial charge in [0.2, 0.25) is 0 Å². The Morgan fingerprint density at radius 1 is 1.11 bits per heavy atom. The Bertz CT molecular complexity index is 352. The molecule has 0 saturated carbocycles. The topological polar surface area (TPSA) is 73.9 Å². The minimum absolute atomic E-state index is 0.0128. The van der Waals surface area contributed by atoms with Crippen molar-refractivity contribution in [1.29, 1.82) is 0 Å². The van der Waals surface area contributed by atoms with Crippen LogP contribution in [0.5, 0.6) is 17.2 Å². The maximum absolute atomic E-state index is 9.23. The van der Waals surface area contributed by atoms with Gasteiger partial charge in [-0.05, 0) is 18.9 Å². The van der Waals surface area contributed by atoms with Crippen LogP contribution in [-0.2, 0) is 6.42 Å². The first-order valence-electron chi connectivity index (χ1n) is 5.79. The molecule has 0 aliphatic carbocycles. The summed E-state index contributed by atoms with van der Waals surface area (Å²) in [5.41, 5.74) is 6.50. The third-order valence-corrected chi connectivity index (χ3v) is 2.90. The van der Waals surface area contributed by atoms with Gasteiger partial charge in [0.25, 0.3) is 0 Å². The van der Waals surface area contributed by atoms with Crippen LogP contribution in [0.2, 0.25) is 0 Å². The highest BCUT2D eigenvalue weighted by atomic mass is 16.5. The molecule has 0 aliphatic rings. The second-order valence-electron chi connectivity index (χ2n) is 4.00. The number of aliphatic hydroxyl groups excluding tert-OH is 1. The fourth-order valence-electron chi connectivity index (χ4n) is 1.79. The van der Waals surface area contributed by atoms with Crippen LogP contribution in [0.25, 0.3) is 0 Å². The van der Waals surface area contributed by atoms with Gasteiger partial charge >= 0.3 is 0 Å². The molecule has 0 bridgehead atoms. The molecule has 0 aromatic heterocycles. The van der Waals surface area contributed by atoms with Crippen molar-refractivity contribution < 1.29 is 19.3 Å². The number of rotatable bonds is 7. The SMILES string of the molecule is COc1cc(OC)c(CC(CN)CO)c(OC)c1. The normalized spacial score (nSPS) is 12.1. The van der Waals surface area contributed by atoms with E-state index in [0.29, 0.717) is 30.2 Å². The number of benzene rings is 1. The van der Waals surface area contributed by atoms with Crippen LogP contribution in [0, 0.1) is 5.92 Å². The van der Waals surface area contributed by atoms with E-state index >= 15 is 0 Å². The van der Waals surface area contributed by atoms with Crippen LogP contribution < -0.4 is 19.9 Å². The Morgan fingerprint density at radius 2 is 1.67 bits per heavy atom. The summed E-state index contributed by atoms with van der Waals surface area (Å²) < 4.78 is 15.9. The minimum atomic E-state index is -0.0128. The standard InChI is InChI=1S/C13H21NO4/c1-16-10-5-12(17-2)11(13(6-10)18-3)4-9(7-14)8-15/h5-6,9,15H,4,7-8,14H2,1-3H3. The van der Waals surface area contributed by atoms with Gasteiger partial charge in [-0.25, -0.2) is 0 Å². The zero-order chi connectivity index (χ0) is 13.5. The zero-order valence-corrected chi connectivity index (χ0v) is 11.1. The fourth-order valence-corrected chi connectivity index (χ4v) is 1.79. The molecule has 1 rings (SSSR count).